The lowest BCUT2D eigenvalue weighted by molar-refractivity contribution is -0.253. The van der Waals surface area contributed by atoms with E-state index in [0.717, 1.165) is 49.5 Å². The lowest BCUT2D eigenvalue weighted by Gasteiger charge is -2.39. The molecule has 3 N–H and O–H groups in total. The van der Waals surface area contributed by atoms with Crippen molar-refractivity contribution in [3.8, 4) is 0 Å². The third kappa shape index (κ3) is 8.34. The van der Waals surface area contributed by atoms with Gasteiger partial charge in [0.2, 0.25) is 5.91 Å². The minimum Gasteiger partial charge on any atom is -0.481 e. The summed E-state index contributed by atoms with van der Waals surface area (Å²) < 4.78 is 18.3. The molecule has 1 amide bonds. The van der Waals surface area contributed by atoms with Gasteiger partial charge in [-0.3, -0.25) is 14.5 Å². The Kier molecular flexibility index (Phi) is 10.0. The van der Waals surface area contributed by atoms with Crippen molar-refractivity contribution in [3.05, 3.63) is 65.2 Å². The van der Waals surface area contributed by atoms with Crippen molar-refractivity contribution < 1.29 is 34.0 Å². The zero-order chi connectivity index (χ0) is 26.0. The first kappa shape index (κ1) is 27.2. The molecule has 2 aliphatic rings. The summed E-state index contributed by atoms with van der Waals surface area (Å²) in [7, 11) is 0. The van der Waals surface area contributed by atoms with Crippen LogP contribution in [-0.4, -0.2) is 65.9 Å². The second-order valence-electron chi connectivity index (χ2n) is 9.54. The topological polar surface area (TPSA) is 118 Å². The molecule has 2 saturated heterocycles. The highest BCUT2D eigenvalue weighted by molar-refractivity contribution is 5.90. The number of carboxylic acid groups (broad SMARTS) is 1. The van der Waals surface area contributed by atoms with Gasteiger partial charge in [-0.15, -0.1) is 0 Å². The number of morpholine rings is 1. The Balaban J connectivity index is 1.44. The average molecular weight is 513 g/mol. The maximum Gasteiger partial charge on any atom is 0.303 e. The van der Waals surface area contributed by atoms with Crippen LogP contribution in [0.2, 0.25) is 0 Å². The molecule has 2 heterocycles. The highest BCUT2D eigenvalue weighted by Crippen LogP contribution is 2.38. The SMILES string of the molecule is O=C(O)CCCCC(=O)Nc1cccc([C@H]2O[C@@H](CN3CCOCC3)C[C@@H](c3ccc(CO)cc3)O2)c1. The Bertz CT molecular complexity index is 1020. The van der Waals surface area contributed by atoms with Gasteiger partial charge in [-0.05, 0) is 36.1 Å². The predicted molar refractivity (Wildman–Crippen MR) is 137 cm³/mol. The quantitative estimate of drug-likeness (QED) is 0.391. The molecule has 0 saturated carbocycles. The number of hydrogen-bond donors (Lipinski definition) is 3. The fourth-order valence-corrected chi connectivity index (χ4v) is 4.65. The number of aliphatic hydroxyl groups excluding tert-OH is 1. The second-order valence-corrected chi connectivity index (χ2v) is 9.54. The average Bonchev–Trinajstić information content (AvgIpc) is 2.91. The summed E-state index contributed by atoms with van der Waals surface area (Å²) in [6, 6.07) is 15.3. The molecule has 2 aromatic rings. The van der Waals surface area contributed by atoms with Crippen molar-refractivity contribution in [2.45, 2.75) is 57.2 Å². The molecule has 200 valence electrons. The van der Waals surface area contributed by atoms with E-state index in [2.05, 4.69) is 10.2 Å². The van der Waals surface area contributed by atoms with E-state index >= 15 is 0 Å². The van der Waals surface area contributed by atoms with Crippen LogP contribution in [0, 0.1) is 0 Å². The Labute approximate surface area is 217 Å². The summed E-state index contributed by atoms with van der Waals surface area (Å²) >= 11 is 0. The van der Waals surface area contributed by atoms with Crippen LogP contribution in [-0.2, 0) is 30.4 Å². The van der Waals surface area contributed by atoms with Crippen molar-refractivity contribution in [2.24, 2.45) is 0 Å². The van der Waals surface area contributed by atoms with Gasteiger partial charge in [0, 0.05) is 50.1 Å². The normalized spacial score (nSPS) is 22.5. The molecule has 9 nitrogen and oxygen atoms in total. The first-order valence-electron chi connectivity index (χ1n) is 12.9. The molecule has 2 aliphatic heterocycles. The summed E-state index contributed by atoms with van der Waals surface area (Å²) in [6.45, 7) is 3.95. The minimum absolute atomic E-state index is 0.00470. The number of hydrogen-bond acceptors (Lipinski definition) is 7. The van der Waals surface area contributed by atoms with E-state index in [1.54, 1.807) is 0 Å². The molecule has 9 heteroatoms. The maximum absolute atomic E-state index is 12.4. The van der Waals surface area contributed by atoms with Gasteiger partial charge in [0.15, 0.2) is 6.29 Å². The number of anilines is 1. The van der Waals surface area contributed by atoms with Crippen molar-refractivity contribution in [3.63, 3.8) is 0 Å². The molecule has 37 heavy (non-hydrogen) atoms. The van der Waals surface area contributed by atoms with Crippen LogP contribution >= 0.6 is 0 Å². The molecule has 4 rings (SSSR count). The number of amides is 1. The largest absolute Gasteiger partial charge is 0.481 e. The van der Waals surface area contributed by atoms with Gasteiger partial charge in [0.1, 0.15) is 0 Å². The van der Waals surface area contributed by atoms with Gasteiger partial charge in [-0.25, -0.2) is 0 Å². The monoisotopic (exact) mass is 512 g/mol. The summed E-state index contributed by atoms with van der Waals surface area (Å²) in [5.74, 6) is -1.00. The number of ether oxygens (including phenoxy) is 3. The Morgan fingerprint density at radius 2 is 1.73 bits per heavy atom. The van der Waals surface area contributed by atoms with Crippen LogP contribution in [0.15, 0.2) is 48.5 Å². The lowest BCUT2D eigenvalue weighted by atomic mass is 9.99. The maximum atomic E-state index is 12.4. The van der Waals surface area contributed by atoms with E-state index in [1.807, 2.05) is 48.5 Å². The molecule has 0 unspecified atom stereocenters. The fourth-order valence-electron chi connectivity index (χ4n) is 4.65. The van der Waals surface area contributed by atoms with E-state index in [1.165, 1.54) is 0 Å². The van der Waals surface area contributed by atoms with Crippen LogP contribution in [0.3, 0.4) is 0 Å². The van der Waals surface area contributed by atoms with E-state index < -0.39 is 12.3 Å². The van der Waals surface area contributed by atoms with Gasteiger partial charge in [0.25, 0.3) is 0 Å². The van der Waals surface area contributed by atoms with Gasteiger partial charge < -0.3 is 29.7 Å². The number of aliphatic carboxylic acids is 1. The molecule has 2 fully saturated rings. The molecule has 0 aromatic heterocycles. The number of benzene rings is 2. The summed E-state index contributed by atoms with van der Waals surface area (Å²) in [4.78, 5) is 25.4. The number of carbonyl (C=O) groups excluding carboxylic acids is 1. The number of carboxylic acids is 1. The zero-order valence-corrected chi connectivity index (χ0v) is 21.0. The van der Waals surface area contributed by atoms with E-state index in [0.29, 0.717) is 24.9 Å². The number of carbonyl (C=O) groups is 2. The smallest absolute Gasteiger partial charge is 0.303 e. The first-order chi connectivity index (χ1) is 18.0. The zero-order valence-electron chi connectivity index (χ0n) is 21.0. The molecule has 0 radical (unpaired) electrons. The van der Waals surface area contributed by atoms with Crippen LogP contribution in [0.5, 0.6) is 0 Å². The number of nitrogens with zero attached hydrogens (tertiary/aromatic N) is 1. The van der Waals surface area contributed by atoms with Gasteiger partial charge in [0.05, 0.1) is 32.0 Å². The molecule has 2 aromatic carbocycles. The Morgan fingerprint density at radius 1 is 0.973 bits per heavy atom. The van der Waals surface area contributed by atoms with E-state index in [4.69, 9.17) is 19.3 Å². The number of unbranched alkanes of at least 4 members (excludes halogenated alkanes) is 1. The third-order valence-electron chi connectivity index (χ3n) is 6.67. The molecule has 0 aliphatic carbocycles. The Hall–Kier alpha value is -2.82. The van der Waals surface area contributed by atoms with Crippen LogP contribution < -0.4 is 5.32 Å². The highest BCUT2D eigenvalue weighted by atomic mass is 16.7. The fraction of sp³-hybridized carbons (Fsp3) is 0.500. The van der Waals surface area contributed by atoms with Crippen molar-refractivity contribution in [2.75, 3.05) is 38.2 Å². The standard InChI is InChI=1S/C28H36N2O7/c31-19-20-8-10-21(11-9-20)25-17-24(18-30-12-14-35-15-13-30)36-28(37-25)22-4-3-5-23(16-22)29-26(32)6-1-2-7-27(33)34/h3-5,8-11,16,24-25,28,31H,1-2,6-7,12-15,17-19H2,(H,29,32)(H,33,34)/t24-,25+,28+/m1/s1. The van der Waals surface area contributed by atoms with Gasteiger partial charge in [-0.1, -0.05) is 36.4 Å². The molecular weight excluding hydrogens is 476 g/mol. The molecule has 3 atom stereocenters. The van der Waals surface area contributed by atoms with Crippen LogP contribution in [0.1, 0.15) is 61.2 Å². The summed E-state index contributed by atoms with van der Waals surface area (Å²) in [5, 5.41) is 21.1. The second kappa shape index (κ2) is 13.6. The number of rotatable bonds is 11. The lowest BCUT2D eigenvalue weighted by Crippen LogP contribution is -2.44. The minimum atomic E-state index is -0.852. The Morgan fingerprint density at radius 3 is 2.46 bits per heavy atom. The van der Waals surface area contributed by atoms with Crippen LogP contribution in [0.4, 0.5) is 5.69 Å². The predicted octanol–water partition coefficient (Wildman–Crippen LogP) is 3.64. The van der Waals surface area contributed by atoms with E-state index in [9.17, 15) is 14.7 Å². The summed E-state index contributed by atoms with van der Waals surface area (Å²) in [5.41, 5.74) is 3.34. The van der Waals surface area contributed by atoms with Crippen molar-refractivity contribution >= 4 is 17.6 Å². The first-order valence-corrected chi connectivity index (χ1v) is 12.9. The number of aliphatic hydroxyl groups is 1. The van der Waals surface area contributed by atoms with Crippen LogP contribution in [0.25, 0.3) is 0 Å². The van der Waals surface area contributed by atoms with Gasteiger partial charge >= 0.3 is 5.97 Å². The highest BCUT2D eigenvalue weighted by Gasteiger charge is 2.33. The van der Waals surface area contributed by atoms with Gasteiger partial charge in [-0.2, -0.15) is 0 Å². The molecular formula is C28H36N2O7. The number of nitrogens with one attached hydrogen (secondary N) is 1. The van der Waals surface area contributed by atoms with Crippen molar-refractivity contribution in [1.29, 1.82) is 0 Å². The molecule has 0 spiro atoms. The summed E-state index contributed by atoms with van der Waals surface area (Å²) in [6.07, 6.45) is 1.20. The third-order valence-corrected chi connectivity index (χ3v) is 6.67. The molecule has 0 bridgehead atoms. The van der Waals surface area contributed by atoms with E-state index in [-0.39, 0.29) is 37.6 Å². The van der Waals surface area contributed by atoms with Crippen molar-refractivity contribution in [1.82, 2.24) is 4.90 Å².